The summed E-state index contributed by atoms with van der Waals surface area (Å²) < 4.78 is 16.3. The Labute approximate surface area is 195 Å². The molecule has 5 rings (SSSR count). The highest BCUT2D eigenvalue weighted by molar-refractivity contribution is 5.83. The second kappa shape index (κ2) is 9.87. The van der Waals surface area contributed by atoms with E-state index in [1.165, 1.54) is 5.56 Å². The molecule has 180 valence electrons. The number of ether oxygens (including phenoxy) is 3. The highest BCUT2D eigenvalue weighted by Gasteiger charge is 2.43. The Kier molecular flexibility index (Phi) is 6.71. The molecule has 1 aromatic carbocycles. The number of morpholine rings is 2. The van der Waals surface area contributed by atoms with Crippen LogP contribution < -0.4 is 9.64 Å². The van der Waals surface area contributed by atoms with Crippen LogP contribution in [0.5, 0.6) is 5.75 Å². The van der Waals surface area contributed by atoms with Crippen LogP contribution in [0.25, 0.3) is 0 Å². The van der Waals surface area contributed by atoms with Crippen molar-refractivity contribution >= 4 is 17.5 Å². The van der Waals surface area contributed by atoms with E-state index in [0.717, 1.165) is 24.5 Å². The Morgan fingerprint density at radius 1 is 0.970 bits per heavy atom. The number of benzene rings is 1. The SMILES string of the molecule is COc1ccc2c(c1)N1CCN(CC(=O)N3CCOCC3)C[C@H]1[C@H](C(=O)N1CCOCC1)C2. The molecule has 0 N–H and O–H groups in total. The van der Waals surface area contributed by atoms with Crippen molar-refractivity contribution in [1.29, 1.82) is 0 Å². The largest absolute Gasteiger partial charge is 0.497 e. The first-order valence-electron chi connectivity index (χ1n) is 12.0. The molecule has 9 nitrogen and oxygen atoms in total. The summed E-state index contributed by atoms with van der Waals surface area (Å²) in [6.07, 6.45) is 0.710. The molecule has 0 spiro atoms. The van der Waals surface area contributed by atoms with Gasteiger partial charge in [-0.25, -0.2) is 0 Å². The number of hydrogen-bond acceptors (Lipinski definition) is 7. The predicted molar refractivity (Wildman–Crippen MR) is 123 cm³/mol. The van der Waals surface area contributed by atoms with Gasteiger partial charge in [-0.05, 0) is 18.1 Å². The minimum Gasteiger partial charge on any atom is -0.497 e. The van der Waals surface area contributed by atoms with Crippen molar-refractivity contribution in [1.82, 2.24) is 14.7 Å². The molecule has 4 aliphatic rings. The van der Waals surface area contributed by atoms with Gasteiger partial charge in [0.25, 0.3) is 0 Å². The Morgan fingerprint density at radius 3 is 2.36 bits per heavy atom. The monoisotopic (exact) mass is 458 g/mol. The van der Waals surface area contributed by atoms with Gasteiger partial charge in [-0.15, -0.1) is 0 Å². The highest BCUT2D eigenvalue weighted by Crippen LogP contribution is 2.38. The first-order chi connectivity index (χ1) is 16.1. The quantitative estimate of drug-likeness (QED) is 0.633. The lowest BCUT2D eigenvalue weighted by molar-refractivity contribution is -0.141. The molecular weight excluding hydrogens is 424 g/mol. The first-order valence-corrected chi connectivity index (χ1v) is 12.0. The van der Waals surface area contributed by atoms with Crippen LogP contribution in [0.4, 0.5) is 5.69 Å². The van der Waals surface area contributed by atoms with Crippen LogP contribution in [0.2, 0.25) is 0 Å². The summed E-state index contributed by atoms with van der Waals surface area (Å²) >= 11 is 0. The van der Waals surface area contributed by atoms with E-state index in [9.17, 15) is 9.59 Å². The summed E-state index contributed by atoms with van der Waals surface area (Å²) in [5, 5.41) is 0. The lowest BCUT2D eigenvalue weighted by Crippen LogP contribution is -2.62. The molecule has 4 heterocycles. The maximum atomic E-state index is 13.6. The summed E-state index contributed by atoms with van der Waals surface area (Å²) in [6.45, 7) is 7.71. The molecular formula is C24H34N4O5. The summed E-state index contributed by atoms with van der Waals surface area (Å²) in [5.41, 5.74) is 2.35. The van der Waals surface area contributed by atoms with E-state index in [2.05, 4.69) is 21.9 Å². The Hall–Kier alpha value is -2.36. The second-order valence-corrected chi connectivity index (χ2v) is 9.23. The van der Waals surface area contributed by atoms with E-state index < -0.39 is 0 Å². The predicted octanol–water partition coefficient (Wildman–Crippen LogP) is 0.0757. The fourth-order valence-corrected chi connectivity index (χ4v) is 5.51. The number of anilines is 1. The average molecular weight is 459 g/mol. The van der Waals surface area contributed by atoms with Gasteiger partial charge in [0.2, 0.25) is 11.8 Å². The van der Waals surface area contributed by atoms with Gasteiger partial charge < -0.3 is 28.9 Å². The van der Waals surface area contributed by atoms with Crippen LogP contribution in [0.1, 0.15) is 5.56 Å². The van der Waals surface area contributed by atoms with Gasteiger partial charge in [0.15, 0.2) is 0 Å². The molecule has 1 aromatic rings. The number of nitrogens with zero attached hydrogens (tertiary/aromatic N) is 4. The van der Waals surface area contributed by atoms with Gasteiger partial charge in [-0.3, -0.25) is 14.5 Å². The number of fused-ring (bicyclic) bond motifs is 3. The van der Waals surface area contributed by atoms with E-state index >= 15 is 0 Å². The summed E-state index contributed by atoms with van der Waals surface area (Å²) in [7, 11) is 1.68. The van der Waals surface area contributed by atoms with Gasteiger partial charge in [0.05, 0.1) is 52.0 Å². The molecule has 0 aliphatic carbocycles. The van der Waals surface area contributed by atoms with Crippen LogP contribution >= 0.6 is 0 Å². The lowest BCUT2D eigenvalue weighted by Gasteiger charge is -2.50. The molecule has 33 heavy (non-hydrogen) atoms. The Morgan fingerprint density at radius 2 is 1.67 bits per heavy atom. The molecule has 4 aliphatic heterocycles. The first kappa shape index (κ1) is 22.4. The Bertz CT molecular complexity index is 868. The number of piperazine rings is 1. The summed E-state index contributed by atoms with van der Waals surface area (Å²) in [6, 6.07) is 6.20. The fraction of sp³-hybridized carbons (Fsp3) is 0.667. The number of carbonyl (C=O) groups excluding carboxylic acids is 2. The minimum absolute atomic E-state index is 0.0335. The Balaban J connectivity index is 1.36. The molecule has 2 atom stereocenters. The molecule has 0 aromatic heterocycles. The molecule has 2 amide bonds. The normalized spacial score (nSPS) is 25.9. The lowest BCUT2D eigenvalue weighted by atomic mass is 9.82. The molecule has 0 radical (unpaired) electrons. The van der Waals surface area contributed by atoms with Gasteiger partial charge >= 0.3 is 0 Å². The van der Waals surface area contributed by atoms with Crippen molar-refractivity contribution in [3.8, 4) is 5.75 Å². The van der Waals surface area contributed by atoms with Gasteiger partial charge in [0, 0.05) is 57.6 Å². The van der Waals surface area contributed by atoms with E-state index in [1.54, 1.807) is 7.11 Å². The number of hydrogen-bond donors (Lipinski definition) is 0. The number of methoxy groups -OCH3 is 1. The minimum atomic E-state index is -0.134. The van der Waals surface area contributed by atoms with Crippen LogP contribution in [0.15, 0.2) is 18.2 Å². The number of amides is 2. The molecule has 0 bridgehead atoms. The van der Waals surface area contributed by atoms with Gasteiger partial charge in [-0.2, -0.15) is 0 Å². The van der Waals surface area contributed by atoms with Crippen molar-refractivity contribution < 1.29 is 23.8 Å². The zero-order chi connectivity index (χ0) is 22.8. The van der Waals surface area contributed by atoms with Crippen molar-refractivity contribution in [2.45, 2.75) is 12.5 Å². The zero-order valence-electron chi connectivity index (χ0n) is 19.4. The van der Waals surface area contributed by atoms with Crippen LogP contribution in [0.3, 0.4) is 0 Å². The third kappa shape index (κ3) is 4.67. The molecule has 9 heteroatoms. The zero-order valence-corrected chi connectivity index (χ0v) is 19.4. The van der Waals surface area contributed by atoms with E-state index in [-0.39, 0.29) is 23.8 Å². The van der Waals surface area contributed by atoms with Crippen molar-refractivity contribution in [2.75, 3.05) is 90.8 Å². The standard InChI is InChI=1S/C24H34N4O5/c1-31-19-3-2-18-14-20(24(30)27-8-12-33-13-9-27)22-16-25(4-5-28(22)21(18)15-19)17-23(29)26-6-10-32-11-7-26/h2-3,15,20,22H,4-14,16-17H2,1H3/t20-,22+/m1/s1. The van der Waals surface area contributed by atoms with Crippen LogP contribution in [0, 0.1) is 5.92 Å². The summed E-state index contributed by atoms with van der Waals surface area (Å²) in [5.74, 6) is 1.05. The molecule has 3 saturated heterocycles. The maximum absolute atomic E-state index is 13.6. The third-order valence-electron chi connectivity index (χ3n) is 7.37. The summed E-state index contributed by atoms with van der Waals surface area (Å²) in [4.78, 5) is 35.0. The van der Waals surface area contributed by atoms with Crippen molar-refractivity contribution in [3.05, 3.63) is 23.8 Å². The van der Waals surface area contributed by atoms with Gasteiger partial charge in [-0.1, -0.05) is 6.07 Å². The van der Waals surface area contributed by atoms with Gasteiger partial charge in [0.1, 0.15) is 5.75 Å². The smallest absolute Gasteiger partial charge is 0.236 e. The highest BCUT2D eigenvalue weighted by atomic mass is 16.5. The number of rotatable bonds is 4. The average Bonchev–Trinajstić information content (AvgIpc) is 2.88. The fourth-order valence-electron chi connectivity index (χ4n) is 5.51. The molecule has 0 unspecified atom stereocenters. The van der Waals surface area contributed by atoms with Crippen molar-refractivity contribution in [3.63, 3.8) is 0 Å². The second-order valence-electron chi connectivity index (χ2n) is 9.23. The van der Waals surface area contributed by atoms with Crippen molar-refractivity contribution in [2.24, 2.45) is 5.92 Å². The van der Waals surface area contributed by atoms with Crippen LogP contribution in [-0.2, 0) is 25.5 Å². The van der Waals surface area contributed by atoms with E-state index in [0.29, 0.717) is 72.1 Å². The van der Waals surface area contributed by atoms with E-state index in [4.69, 9.17) is 14.2 Å². The van der Waals surface area contributed by atoms with Crippen LogP contribution in [-0.4, -0.2) is 118 Å². The number of carbonyl (C=O) groups is 2. The molecule has 3 fully saturated rings. The maximum Gasteiger partial charge on any atom is 0.236 e. The molecule has 0 saturated carbocycles. The van der Waals surface area contributed by atoms with E-state index in [1.807, 2.05) is 15.9 Å². The third-order valence-corrected chi connectivity index (χ3v) is 7.37. The topological polar surface area (TPSA) is 74.8 Å².